The summed E-state index contributed by atoms with van der Waals surface area (Å²) in [6.45, 7) is 1.24. The van der Waals surface area contributed by atoms with Crippen LogP contribution >= 0.6 is 0 Å². The Morgan fingerprint density at radius 3 is 1.47 bits per heavy atom. The van der Waals surface area contributed by atoms with Gasteiger partial charge in [0.2, 0.25) is 0 Å². The Morgan fingerprint density at radius 2 is 1.13 bits per heavy atom. The molecule has 1 aliphatic rings. The van der Waals surface area contributed by atoms with Crippen molar-refractivity contribution < 1.29 is 28.8 Å². The van der Waals surface area contributed by atoms with Crippen LogP contribution in [0.4, 0.5) is 0 Å². The number of hydrogen-bond acceptors (Lipinski definition) is 5. The van der Waals surface area contributed by atoms with Gasteiger partial charge in [0.25, 0.3) is 0 Å². The molecule has 30 heavy (non-hydrogen) atoms. The lowest BCUT2D eigenvalue weighted by Crippen LogP contribution is -3.10. The molecule has 6 heteroatoms. The molecule has 1 aliphatic heterocycles. The van der Waals surface area contributed by atoms with Crippen molar-refractivity contribution in [2.24, 2.45) is 0 Å². The van der Waals surface area contributed by atoms with Crippen LogP contribution in [0.2, 0.25) is 0 Å². The smallest absolute Gasteiger partial charge is 0.337 e. The highest BCUT2D eigenvalue weighted by atomic mass is 16.5. The fourth-order valence-corrected chi connectivity index (χ4v) is 3.38. The molecule has 0 amide bonds. The Labute approximate surface area is 175 Å². The maximum absolute atomic E-state index is 13.0. The number of hydrogen-bond donors (Lipinski definition) is 1. The molecule has 0 atom stereocenters. The van der Waals surface area contributed by atoms with Crippen LogP contribution in [0, 0.1) is 0 Å². The Balaban J connectivity index is 1.84. The summed E-state index contributed by atoms with van der Waals surface area (Å²) >= 11 is 0. The second kappa shape index (κ2) is 9.33. The van der Waals surface area contributed by atoms with Crippen molar-refractivity contribution in [3.63, 3.8) is 0 Å². The van der Waals surface area contributed by atoms with Gasteiger partial charge in [-0.05, 0) is 47.5 Å². The second-order valence-electron chi connectivity index (χ2n) is 7.21. The number of nitrogens with one attached hydrogen (secondary N) is 1. The predicted molar refractivity (Wildman–Crippen MR) is 113 cm³/mol. The Hall–Kier alpha value is -3.51. The highest BCUT2D eigenvalue weighted by Gasteiger charge is 2.27. The summed E-state index contributed by atoms with van der Waals surface area (Å²) in [5, 5.41) is 0. The molecule has 0 spiro atoms. The molecule has 3 rings (SSSR count). The van der Waals surface area contributed by atoms with Gasteiger partial charge in [0.05, 0.1) is 43.5 Å². The molecule has 1 fully saturated rings. The molecule has 6 nitrogen and oxygen atoms in total. The SMILES string of the molecule is COC(=O)c1ccc(/C=C2\C[NH+](C)C/C(=C\c3ccc(C(=O)OC)cc3)C2=O)cc1. The van der Waals surface area contributed by atoms with Crippen molar-refractivity contribution in [3.05, 3.63) is 81.9 Å². The van der Waals surface area contributed by atoms with Crippen molar-refractivity contribution in [3.8, 4) is 0 Å². The van der Waals surface area contributed by atoms with E-state index >= 15 is 0 Å². The number of carbonyl (C=O) groups is 3. The molecule has 1 saturated heterocycles. The van der Waals surface area contributed by atoms with Gasteiger partial charge in [0.1, 0.15) is 13.1 Å². The van der Waals surface area contributed by atoms with E-state index in [2.05, 4.69) is 0 Å². The molecule has 0 bridgehead atoms. The van der Waals surface area contributed by atoms with Crippen LogP contribution in [0.15, 0.2) is 59.7 Å². The van der Waals surface area contributed by atoms with Gasteiger partial charge in [-0.3, -0.25) is 4.79 Å². The lowest BCUT2D eigenvalue weighted by molar-refractivity contribution is -0.870. The monoisotopic (exact) mass is 406 g/mol. The standard InChI is InChI=1S/C24H23NO5/c1-25-14-20(12-16-4-8-18(9-5-16)23(27)29-2)22(26)21(15-25)13-17-6-10-19(11-7-17)24(28)30-3/h4-13H,14-15H2,1-3H3/p+1/b20-12+,21-13+. The first-order valence-electron chi connectivity index (χ1n) is 9.55. The molecule has 0 unspecified atom stereocenters. The fourth-order valence-electron chi connectivity index (χ4n) is 3.38. The molecule has 0 saturated carbocycles. The third-order valence-corrected chi connectivity index (χ3v) is 4.91. The molecule has 154 valence electrons. The van der Waals surface area contributed by atoms with E-state index in [-0.39, 0.29) is 5.78 Å². The zero-order chi connectivity index (χ0) is 21.7. The molecule has 1 N–H and O–H groups in total. The Kier molecular flexibility index (Phi) is 6.59. The number of methoxy groups -OCH3 is 2. The number of rotatable bonds is 4. The van der Waals surface area contributed by atoms with Crippen molar-refractivity contribution in [2.75, 3.05) is 34.4 Å². The van der Waals surface area contributed by atoms with E-state index in [9.17, 15) is 14.4 Å². The van der Waals surface area contributed by atoms with E-state index in [0.29, 0.717) is 35.4 Å². The third kappa shape index (κ3) is 4.90. The molecule has 0 aromatic heterocycles. The van der Waals surface area contributed by atoms with Crippen LogP contribution in [0.25, 0.3) is 12.2 Å². The summed E-state index contributed by atoms with van der Waals surface area (Å²) in [6.07, 6.45) is 3.72. The van der Waals surface area contributed by atoms with Gasteiger partial charge in [-0.25, -0.2) is 9.59 Å². The molecule has 1 heterocycles. The number of ketones is 1. The summed E-state index contributed by atoms with van der Waals surface area (Å²) in [5.74, 6) is -0.777. The number of likely N-dealkylation sites (N-methyl/N-ethyl adjacent to an activating group) is 1. The van der Waals surface area contributed by atoms with E-state index in [0.717, 1.165) is 11.1 Å². The van der Waals surface area contributed by atoms with E-state index in [1.165, 1.54) is 19.1 Å². The van der Waals surface area contributed by atoms with Crippen LogP contribution in [0.3, 0.4) is 0 Å². The minimum atomic E-state index is -0.393. The van der Waals surface area contributed by atoms with Crippen LogP contribution in [-0.4, -0.2) is 52.1 Å². The number of piperidine rings is 1. The number of carbonyl (C=O) groups excluding carboxylic acids is 3. The first-order valence-corrected chi connectivity index (χ1v) is 9.55. The number of likely N-dealkylation sites (tertiary alicyclic amines) is 1. The van der Waals surface area contributed by atoms with Gasteiger partial charge < -0.3 is 14.4 Å². The van der Waals surface area contributed by atoms with Crippen molar-refractivity contribution in [1.82, 2.24) is 0 Å². The number of benzene rings is 2. The van der Waals surface area contributed by atoms with Crippen LogP contribution < -0.4 is 4.90 Å². The van der Waals surface area contributed by atoms with Crippen LogP contribution in [-0.2, 0) is 14.3 Å². The topological polar surface area (TPSA) is 74.1 Å². The minimum Gasteiger partial charge on any atom is -0.465 e. The summed E-state index contributed by atoms with van der Waals surface area (Å²) in [4.78, 5) is 37.4. The molecule has 2 aromatic rings. The van der Waals surface area contributed by atoms with Crippen LogP contribution in [0.5, 0.6) is 0 Å². The first-order chi connectivity index (χ1) is 14.4. The van der Waals surface area contributed by atoms with E-state index in [1.807, 2.05) is 19.2 Å². The van der Waals surface area contributed by atoms with Crippen molar-refractivity contribution in [1.29, 1.82) is 0 Å². The summed E-state index contributed by atoms with van der Waals surface area (Å²) in [6, 6.07) is 13.9. The Morgan fingerprint density at radius 1 is 0.767 bits per heavy atom. The average molecular weight is 406 g/mol. The first kappa shape index (κ1) is 21.2. The molecule has 0 aliphatic carbocycles. The minimum absolute atomic E-state index is 0.00897. The van der Waals surface area contributed by atoms with Crippen molar-refractivity contribution in [2.45, 2.75) is 0 Å². The number of ether oxygens (including phenoxy) is 2. The second-order valence-corrected chi connectivity index (χ2v) is 7.21. The maximum atomic E-state index is 13.0. The number of Topliss-reactive ketones (excluding diaryl/α,β-unsaturated/α-hetero) is 1. The normalized spacial score (nSPS) is 19.0. The summed E-state index contributed by atoms with van der Waals surface area (Å²) < 4.78 is 9.42. The van der Waals surface area contributed by atoms with Gasteiger partial charge in [-0.15, -0.1) is 0 Å². The van der Waals surface area contributed by atoms with Gasteiger partial charge in [0, 0.05) is 0 Å². The molecular formula is C24H24NO5+. The van der Waals surface area contributed by atoms with E-state index in [4.69, 9.17) is 9.47 Å². The zero-order valence-corrected chi connectivity index (χ0v) is 17.2. The third-order valence-electron chi connectivity index (χ3n) is 4.91. The summed E-state index contributed by atoms with van der Waals surface area (Å²) in [7, 11) is 4.72. The van der Waals surface area contributed by atoms with E-state index in [1.54, 1.807) is 48.5 Å². The van der Waals surface area contributed by atoms with Gasteiger partial charge in [-0.2, -0.15) is 0 Å². The van der Waals surface area contributed by atoms with E-state index < -0.39 is 11.9 Å². The Bertz CT molecular complexity index is 935. The maximum Gasteiger partial charge on any atom is 0.337 e. The van der Waals surface area contributed by atoms with Gasteiger partial charge in [0.15, 0.2) is 5.78 Å². The lowest BCUT2D eigenvalue weighted by Gasteiger charge is -2.23. The molecule has 2 aromatic carbocycles. The molecular weight excluding hydrogens is 382 g/mol. The quantitative estimate of drug-likeness (QED) is 0.619. The number of esters is 2. The van der Waals surface area contributed by atoms with Gasteiger partial charge >= 0.3 is 11.9 Å². The lowest BCUT2D eigenvalue weighted by atomic mass is 9.94. The van der Waals surface area contributed by atoms with Crippen molar-refractivity contribution >= 4 is 29.9 Å². The average Bonchev–Trinajstić information content (AvgIpc) is 2.76. The van der Waals surface area contributed by atoms with Gasteiger partial charge in [-0.1, -0.05) is 24.3 Å². The molecule has 0 radical (unpaired) electrons. The predicted octanol–water partition coefficient (Wildman–Crippen LogP) is 1.82. The highest BCUT2D eigenvalue weighted by Crippen LogP contribution is 2.17. The number of quaternary nitrogens is 1. The van der Waals surface area contributed by atoms with Crippen LogP contribution in [0.1, 0.15) is 31.8 Å². The summed E-state index contributed by atoms with van der Waals surface area (Å²) in [5.41, 5.74) is 4.05. The zero-order valence-electron chi connectivity index (χ0n) is 17.2. The fraction of sp³-hybridized carbons (Fsp3) is 0.208. The largest absolute Gasteiger partial charge is 0.465 e. The highest BCUT2D eigenvalue weighted by molar-refractivity contribution is 6.14.